The van der Waals surface area contributed by atoms with Crippen LogP contribution in [0.15, 0.2) is 11.4 Å². The van der Waals surface area contributed by atoms with E-state index in [9.17, 15) is 9.59 Å². The van der Waals surface area contributed by atoms with Crippen LogP contribution in [-0.2, 0) is 4.79 Å². The molecule has 0 saturated carbocycles. The molecule has 0 aromatic carbocycles. The first kappa shape index (κ1) is 15.7. The molecule has 1 saturated heterocycles. The van der Waals surface area contributed by atoms with E-state index in [1.54, 1.807) is 11.3 Å². The molecule has 5 nitrogen and oxygen atoms in total. The van der Waals surface area contributed by atoms with Gasteiger partial charge in [0, 0.05) is 31.6 Å². The third kappa shape index (κ3) is 3.92. The number of likely N-dealkylation sites (N-methyl/N-ethyl adjacent to an activating group) is 1. The maximum Gasteiger partial charge on any atom is 0.254 e. The molecule has 1 aromatic rings. The molecule has 0 unspecified atom stereocenters. The Kier molecular flexibility index (Phi) is 5.39. The number of piperazine rings is 1. The summed E-state index contributed by atoms with van der Waals surface area (Å²) >= 11 is 3.80. The van der Waals surface area contributed by atoms with Gasteiger partial charge in [-0.15, -0.1) is 11.3 Å². The Hall–Kier alpha value is -0.670. The van der Waals surface area contributed by atoms with Gasteiger partial charge in [-0.3, -0.25) is 9.59 Å². The monoisotopic (exact) mass is 407 g/mol. The van der Waals surface area contributed by atoms with Crippen LogP contribution in [0.4, 0.5) is 0 Å². The fraction of sp³-hybridized carbons (Fsp3) is 0.538. The Balaban J connectivity index is 1.88. The van der Waals surface area contributed by atoms with Crippen LogP contribution < -0.4 is 0 Å². The number of hydrogen-bond donors (Lipinski definition) is 0. The number of nitrogens with zero attached hydrogens (tertiary/aromatic N) is 3. The zero-order valence-electron chi connectivity index (χ0n) is 11.6. The molecule has 2 heterocycles. The Morgan fingerprint density at radius 3 is 2.35 bits per heavy atom. The minimum absolute atomic E-state index is 0.0730. The van der Waals surface area contributed by atoms with Gasteiger partial charge in [0.1, 0.15) is 0 Å². The van der Waals surface area contributed by atoms with Crippen molar-refractivity contribution in [1.29, 1.82) is 0 Å². The lowest BCUT2D eigenvalue weighted by molar-refractivity contribution is -0.133. The summed E-state index contributed by atoms with van der Waals surface area (Å²) in [5, 5.41) is 1.90. The molecule has 2 amide bonds. The van der Waals surface area contributed by atoms with E-state index in [-0.39, 0.29) is 11.8 Å². The molecule has 1 fully saturated rings. The zero-order chi connectivity index (χ0) is 14.7. The van der Waals surface area contributed by atoms with Gasteiger partial charge in [0.25, 0.3) is 5.91 Å². The van der Waals surface area contributed by atoms with Crippen molar-refractivity contribution in [2.75, 3.05) is 46.8 Å². The van der Waals surface area contributed by atoms with Crippen molar-refractivity contribution in [2.24, 2.45) is 0 Å². The lowest BCUT2D eigenvalue weighted by atomic mass is 10.2. The molecule has 0 spiro atoms. The van der Waals surface area contributed by atoms with Crippen molar-refractivity contribution in [1.82, 2.24) is 14.7 Å². The van der Waals surface area contributed by atoms with Crippen molar-refractivity contribution in [2.45, 2.75) is 0 Å². The van der Waals surface area contributed by atoms with Gasteiger partial charge in [0.15, 0.2) is 0 Å². The average Bonchev–Trinajstić information content (AvgIpc) is 2.84. The molecule has 0 radical (unpaired) electrons. The Morgan fingerprint density at radius 2 is 1.85 bits per heavy atom. The first-order valence-corrected chi connectivity index (χ1v) is 8.39. The average molecular weight is 407 g/mol. The molecule has 1 aliphatic rings. The van der Waals surface area contributed by atoms with Gasteiger partial charge < -0.3 is 14.7 Å². The fourth-order valence-corrected chi connectivity index (χ4v) is 3.45. The molecule has 0 bridgehead atoms. The van der Waals surface area contributed by atoms with Crippen molar-refractivity contribution >= 4 is 45.7 Å². The highest BCUT2D eigenvalue weighted by molar-refractivity contribution is 14.1. The van der Waals surface area contributed by atoms with E-state index < -0.39 is 0 Å². The summed E-state index contributed by atoms with van der Waals surface area (Å²) in [5.74, 6) is 0.205. The molecular formula is C13H18IN3O2S. The summed E-state index contributed by atoms with van der Waals surface area (Å²) in [7, 11) is 3.77. The lowest BCUT2D eigenvalue weighted by Crippen LogP contribution is -2.52. The predicted octanol–water partition coefficient (Wildman–Crippen LogP) is 1.20. The van der Waals surface area contributed by atoms with Gasteiger partial charge in [-0.25, -0.2) is 0 Å². The van der Waals surface area contributed by atoms with Gasteiger partial charge in [-0.2, -0.15) is 0 Å². The van der Waals surface area contributed by atoms with E-state index in [0.717, 1.165) is 8.45 Å². The largest absolute Gasteiger partial charge is 0.338 e. The second-order valence-corrected chi connectivity index (χ2v) is 7.86. The number of hydrogen-bond acceptors (Lipinski definition) is 4. The van der Waals surface area contributed by atoms with Crippen LogP contribution in [0.2, 0.25) is 0 Å². The third-order valence-electron chi connectivity index (χ3n) is 3.19. The lowest BCUT2D eigenvalue weighted by Gasteiger charge is -2.35. The van der Waals surface area contributed by atoms with E-state index in [1.807, 2.05) is 40.2 Å². The van der Waals surface area contributed by atoms with Crippen LogP contribution >= 0.6 is 33.9 Å². The summed E-state index contributed by atoms with van der Waals surface area (Å²) in [6.07, 6.45) is 0. The normalized spacial score (nSPS) is 15.8. The van der Waals surface area contributed by atoms with Crippen LogP contribution in [0.1, 0.15) is 10.4 Å². The Labute approximate surface area is 136 Å². The molecule has 1 aromatic heterocycles. The summed E-state index contributed by atoms with van der Waals surface area (Å²) in [6.45, 7) is 2.91. The van der Waals surface area contributed by atoms with E-state index in [4.69, 9.17) is 0 Å². The number of carbonyl (C=O) groups is 2. The molecule has 110 valence electrons. The first-order valence-electron chi connectivity index (χ1n) is 6.43. The molecule has 2 rings (SSSR count). The second kappa shape index (κ2) is 6.86. The molecule has 20 heavy (non-hydrogen) atoms. The minimum Gasteiger partial charge on any atom is -0.338 e. The molecule has 7 heteroatoms. The Bertz CT molecular complexity index is 496. The van der Waals surface area contributed by atoms with Crippen molar-refractivity contribution in [3.63, 3.8) is 0 Å². The van der Waals surface area contributed by atoms with Crippen LogP contribution in [0.3, 0.4) is 0 Å². The molecule has 0 N–H and O–H groups in total. The van der Waals surface area contributed by atoms with Crippen molar-refractivity contribution < 1.29 is 9.59 Å². The highest BCUT2D eigenvalue weighted by atomic mass is 127. The predicted molar refractivity (Wildman–Crippen MR) is 88.1 cm³/mol. The number of carbonyl (C=O) groups excluding carboxylic acids is 2. The SMILES string of the molecule is CN(C)CC(=O)N1CCN(C(=O)c2csc(I)c2)CC1. The molecule has 0 aliphatic carbocycles. The fourth-order valence-electron chi connectivity index (χ4n) is 2.13. The van der Waals surface area contributed by atoms with Gasteiger partial charge in [0.05, 0.1) is 15.0 Å². The van der Waals surface area contributed by atoms with Crippen LogP contribution in [0.25, 0.3) is 0 Å². The zero-order valence-corrected chi connectivity index (χ0v) is 14.6. The van der Waals surface area contributed by atoms with Gasteiger partial charge in [0.2, 0.25) is 5.91 Å². The topological polar surface area (TPSA) is 43.9 Å². The molecular weight excluding hydrogens is 389 g/mol. The van der Waals surface area contributed by atoms with Gasteiger partial charge in [-0.1, -0.05) is 0 Å². The summed E-state index contributed by atoms with van der Waals surface area (Å²) in [5.41, 5.74) is 0.757. The quantitative estimate of drug-likeness (QED) is 0.708. The summed E-state index contributed by atoms with van der Waals surface area (Å²) in [4.78, 5) is 29.8. The van der Waals surface area contributed by atoms with E-state index in [1.165, 1.54) is 0 Å². The minimum atomic E-state index is 0.0730. The number of thiophene rings is 1. The first-order chi connectivity index (χ1) is 9.47. The highest BCUT2D eigenvalue weighted by Crippen LogP contribution is 2.18. The van der Waals surface area contributed by atoms with Gasteiger partial charge in [-0.05, 0) is 42.8 Å². The molecule has 1 aliphatic heterocycles. The molecule has 0 atom stereocenters. The van der Waals surface area contributed by atoms with Gasteiger partial charge >= 0.3 is 0 Å². The van der Waals surface area contributed by atoms with Crippen molar-refractivity contribution in [3.8, 4) is 0 Å². The van der Waals surface area contributed by atoms with E-state index in [2.05, 4.69) is 22.6 Å². The van der Waals surface area contributed by atoms with Crippen LogP contribution in [0, 0.1) is 2.88 Å². The van der Waals surface area contributed by atoms with Crippen molar-refractivity contribution in [3.05, 3.63) is 19.9 Å². The van der Waals surface area contributed by atoms with Crippen LogP contribution in [0.5, 0.6) is 0 Å². The number of halogens is 1. The highest BCUT2D eigenvalue weighted by Gasteiger charge is 2.25. The number of amides is 2. The van der Waals surface area contributed by atoms with Crippen LogP contribution in [-0.4, -0.2) is 73.3 Å². The number of rotatable bonds is 3. The van der Waals surface area contributed by atoms with E-state index >= 15 is 0 Å². The maximum absolute atomic E-state index is 12.3. The smallest absolute Gasteiger partial charge is 0.254 e. The summed E-state index contributed by atoms with van der Waals surface area (Å²) < 4.78 is 1.12. The third-order valence-corrected chi connectivity index (χ3v) is 4.97. The standard InChI is InChI=1S/C13H18IN3O2S/c1-15(2)8-12(18)16-3-5-17(6-4-16)13(19)10-7-11(14)20-9-10/h7,9H,3-6,8H2,1-2H3. The van der Waals surface area contributed by atoms with E-state index in [0.29, 0.717) is 32.7 Å². The Morgan fingerprint density at radius 1 is 1.25 bits per heavy atom. The second-order valence-electron chi connectivity index (χ2n) is 5.05. The summed E-state index contributed by atoms with van der Waals surface area (Å²) in [6, 6.07) is 1.91. The maximum atomic E-state index is 12.3.